The number of halogens is 2. The number of methoxy groups -OCH3 is 1. The van der Waals surface area contributed by atoms with Crippen LogP contribution in [0.1, 0.15) is 11.1 Å². The average Bonchev–Trinajstić information content (AvgIpc) is 3.16. The lowest BCUT2D eigenvalue weighted by atomic mass is 10.1. The minimum absolute atomic E-state index is 0.0260. The van der Waals surface area contributed by atoms with E-state index in [1.165, 1.54) is 4.88 Å². The van der Waals surface area contributed by atoms with Crippen molar-refractivity contribution in [3.8, 4) is 21.9 Å². The van der Waals surface area contributed by atoms with Gasteiger partial charge in [0.2, 0.25) is 0 Å². The molecule has 0 aliphatic carbocycles. The van der Waals surface area contributed by atoms with Gasteiger partial charge in [0.15, 0.2) is 0 Å². The summed E-state index contributed by atoms with van der Waals surface area (Å²) in [6, 6.07) is 13.7. The number of phenolic OH excluding ortho intramolecular Hbond substituents is 1. The maximum atomic E-state index is 10.1. The summed E-state index contributed by atoms with van der Waals surface area (Å²) in [6.07, 6.45) is 4.49. The summed E-state index contributed by atoms with van der Waals surface area (Å²) in [5.74, 6) is 0.827. The number of hydrogen-bond donors (Lipinski definition) is 1. The second kappa shape index (κ2) is 7.96. The van der Waals surface area contributed by atoms with Crippen LogP contribution in [0.4, 0.5) is 0 Å². The Balaban J connectivity index is 1.85. The van der Waals surface area contributed by atoms with E-state index in [1.807, 2.05) is 30.4 Å². The smallest absolute Gasteiger partial charge is 0.139 e. The van der Waals surface area contributed by atoms with Crippen LogP contribution < -0.4 is 4.74 Å². The van der Waals surface area contributed by atoms with Gasteiger partial charge >= 0.3 is 0 Å². The SMILES string of the molecule is COc1ccc(-c2cccs2)cc1C=CCc1ccc(Cl)c(Cl)c1O. The van der Waals surface area contributed by atoms with Crippen molar-refractivity contribution in [1.29, 1.82) is 0 Å². The molecule has 0 saturated heterocycles. The number of allylic oxidation sites excluding steroid dienone is 1. The molecule has 2 nitrogen and oxygen atoms in total. The summed E-state index contributed by atoms with van der Waals surface area (Å²) in [4.78, 5) is 1.21. The van der Waals surface area contributed by atoms with Gasteiger partial charge in [-0.2, -0.15) is 0 Å². The van der Waals surface area contributed by atoms with Crippen LogP contribution in [0, 0.1) is 0 Å². The van der Waals surface area contributed by atoms with Crippen LogP contribution >= 0.6 is 34.5 Å². The van der Waals surface area contributed by atoms with Gasteiger partial charge in [0.25, 0.3) is 0 Å². The van der Waals surface area contributed by atoms with E-state index in [2.05, 4.69) is 17.5 Å². The van der Waals surface area contributed by atoms with Gasteiger partial charge in [0, 0.05) is 10.4 Å². The lowest BCUT2D eigenvalue weighted by molar-refractivity contribution is 0.414. The molecule has 0 radical (unpaired) electrons. The molecule has 0 bridgehead atoms. The van der Waals surface area contributed by atoms with Gasteiger partial charge < -0.3 is 9.84 Å². The molecule has 0 aliphatic heterocycles. The first-order chi connectivity index (χ1) is 12.1. The van der Waals surface area contributed by atoms with E-state index in [4.69, 9.17) is 27.9 Å². The van der Waals surface area contributed by atoms with Crippen molar-refractivity contribution in [3.05, 3.63) is 75.1 Å². The molecule has 0 saturated carbocycles. The first-order valence-corrected chi connectivity index (χ1v) is 9.28. The van der Waals surface area contributed by atoms with Gasteiger partial charge in [0.05, 0.1) is 12.1 Å². The fourth-order valence-corrected chi connectivity index (χ4v) is 3.58. The summed E-state index contributed by atoms with van der Waals surface area (Å²) in [6.45, 7) is 0. The van der Waals surface area contributed by atoms with Gasteiger partial charge in [-0.1, -0.05) is 47.5 Å². The predicted octanol–water partition coefficient (Wildman–Crippen LogP) is 6.69. The standard InChI is InChI=1S/C20H16Cl2O2S/c1-24-17-10-8-15(18-6-3-11-25-18)12-14(17)5-2-4-13-7-9-16(21)19(22)20(13)23/h2-3,5-12,23H,4H2,1H3. The summed E-state index contributed by atoms with van der Waals surface area (Å²) < 4.78 is 5.44. The highest BCUT2D eigenvalue weighted by atomic mass is 35.5. The third-order valence-electron chi connectivity index (χ3n) is 3.82. The van der Waals surface area contributed by atoms with Gasteiger partial charge in [-0.25, -0.2) is 0 Å². The zero-order valence-electron chi connectivity index (χ0n) is 13.5. The molecule has 1 N–H and O–H groups in total. The number of ether oxygens (including phenoxy) is 1. The predicted molar refractivity (Wildman–Crippen MR) is 107 cm³/mol. The molecule has 1 heterocycles. The molecule has 0 amide bonds. The Morgan fingerprint density at radius 3 is 2.72 bits per heavy atom. The molecule has 3 rings (SSSR count). The first kappa shape index (κ1) is 17.9. The van der Waals surface area contributed by atoms with Crippen molar-refractivity contribution in [1.82, 2.24) is 0 Å². The van der Waals surface area contributed by atoms with Gasteiger partial charge in [0.1, 0.15) is 16.5 Å². The molecule has 0 aliphatic rings. The third-order valence-corrected chi connectivity index (χ3v) is 5.54. The molecular weight excluding hydrogens is 375 g/mol. The van der Waals surface area contributed by atoms with Gasteiger partial charge in [-0.3, -0.25) is 0 Å². The average molecular weight is 391 g/mol. The van der Waals surface area contributed by atoms with Crippen molar-refractivity contribution < 1.29 is 9.84 Å². The molecule has 0 unspecified atom stereocenters. The molecule has 2 aromatic carbocycles. The lowest BCUT2D eigenvalue weighted by Gasteiger charge is -2.08. The van der Waals surface area contributed by atoms with E-state index in [1.54, 1.807) is 30.6 Å². The Morgan fingerprint density at radius 1 is 1.16 bits per heavy atom. The van der Waals surface area contributed by atoms with Crippen molar-refractivity contribution in [3.63, 3.8) is 0 Å². The monoisotopic (exact) mass is 390 g/mol. The molecule has 0 spiro atoms. The number of benzene rings is 2. The second-order valence-electron chi connectivity index (χ2n) is 5.41. The summed E-state index contributed by atoms with van der Waals surface area (Å²) >= 11 is 13.6. The normalized spacial score (nSPS) is 11.2. The van der Waals surface area contributed by atoms with Crippen LogP contribution in [0.15, 0.2) is 53.9 Å². The highest BCUT2D eigenvalue weighted by Crippen LogP contribution is 2.35. The zero-order valence-corrected chi connectivity index (χ0v) is 15.8. The molecule has 0 fully saturated rings. The fourth-order valence-electron chi connectivity index (χ4n) is 2.52. The van der Waals surface area contributed by atoms with Crippen LogP contribution in [0.2, 0.25) is 10.0 Å². The Kier molecular flexibility index (Phi) is 5.69. The Bertz CT molecular complexity index is 902. The Morgan fingerprint density at radius 2 is 2.00 bits per heavy atom. The number of aromatic hydroxyl groups is 1. The number of rotatable bonds is 5. The molecule has 5 heteroatoms. The van der Waals surface area contributed by atoms with Crippen LogP contribution in [-0.4, -0.2) is 12.2 Å². The molecular formula is C20H16Cl2O2S. The minimum Gasteiger partial charge on any atom is -0.506 e. The van der Waals surface area contributed by atoms with E-state index in [0.717, 1.165) is 22.4 Å². The van der Waals surface area contributed by atoms with Crippen LogP contribution in [0.3, 0.4) is 0 Å². The molecule has 25 heavy (non-hydrogen) atoms. The highest BCUT2D eigenvalue weighted by molar-refractivity contribution is 7.13. The van der Waals surface area contributed by atoms with Crippen molar-refractivity contribution in [2.45, 2.75) is 6.42 Å². The molecule has 1 aromatic heterocycles. The Hall–Kier alpha value is -1.94. The van der Waals surface area contributed by atoms with E-state index in [-0.39, 0.29) is 10.8 Å². The van der Waals surface area contributed by atoms with E-state index < -0.39 is 0 Å². The highest BCUT2D eigenvalue weighted by Gasteiger charge is 2.09. The van der Waals surface area contributed by atoms with Crippen molar-refractivity contribution >= 4 is 40.6 Å². The largest absolute Gasteiger partial charge is 0.506 e. The maximum Gasteiger partial charge on any atom is 0.139 e. The lowest BCUT2D eigenvalue weighted by Crippen LogP contribution is -1.88. The third kappa shape index (κ3) is 4.01. The number of phenols is 1. The van der Waals surface area contributed by atoms with Gasteiger partial charge in [-0.15, -0.1) is 11.3 Å². The quantitative estimate of drug-likeness (QED) is 0.525. The Labute approximate surface area is 160 Å². The first-order valence-electron chi connectivity index (χ1n) is 7.64. The van der Waals surface area contributed by atoms with Gasteiger partial charge in [-0.05, 0) is 53.3 Å². The van der Waals surface area contributed by atoms with Crippen LogP contribution in [0.25, 0.3) is 16.5 Å². The van der Waals surface area contributed by atoms with E-state index in [9.17, 15) is 5.11 Å². The maximum absolute atomic E-state index is 10.1. The van der Waals surface area contributed by atoms with Crippen LogP contribution in [-0.2, 0) is 6.42 Å². The summed E-state index contributed by atoms with van der Waals surface area (Å²) in [5.41, 5.74) is 2.85. The van der Waals surface area contributed by atoms with Crippen molar-refractivity contribution in [2.24, 2.45) is 0 Å². The molecule has 128 valence electrons. The molecule has 3 aromatic rings. The second-order valence-corrected chi connectivity index (χ2v) is 7.14. The van der Waals surface area contributed by atoms with Crippen molar-refractivity contribution in [2.75, 3.05) is 7.11 Å². The zero-order chi connectivity index (χ0) is 17.8. The fraction of sp³-hybridized carbons (Fsp3) is 0.100. The van der Waals surface area contributed by atoms with Crippen LogP contribution in [0.5, 0.6) is 11.5 Å². The molecule has 0 atom stereocenters. The van der Waals surface area contributed by atoms with E-state index >= 15 is 0 Å². The topological polar surface area (TPSA) is 29.5 Å². The van der Waals surface area contributed by atoms with E-state index in [0.29, 0.717) is 11.4 Å². The minimum atomic E-state index is 0.0260. The number of thiophene rings is 1. The summed E-state index contributed by atoms with van der Waals surface area (Å²) in [5, 5.41) is 12.7. The summed E-state index contributed by atoms with van der Waals surface area (Å²) in [7, 11) is 1.66. The number of hydrogen-bond acceptors (Lipinski definition) is 3.